The van der Waals surface area contributed by atoms with Crippen molar-refractivity contribution in [2.45, 2.75) is 64.0 Å². The lowest BCUT2D eigenvalue weighted by atomic mass is 9.79. The molecule has 0 radical (unpaired) electrons. The second-order valence-corrected chi connectivity index (χ2v) is 6.76. The van der Waals surface area contributed by atoms with Crippen LogP contribution < -0.4 is 5.32 Å². The van der Waals surface area contributed by atoms with E-state index in [1.165, 1.54) is 32.1 Å². The number of carboxylic acids is 1. The molecule has 3 fully saturated rings. The van der Waals surface area contributed by atoms with E-state index in [2.05, 4.69) is 12.2 Å². The maximum Gasteiger partial charge on any atom is 0.303 e. The molecule has 3 aliphatic rings. The van der Waals surface area contributed by atoms with Crippen molar-refractivity contribution in [2.75, 3.05) is 0 Å². The molecule has 18 heavy (non-hydrogen) atoms. The fraction of sp³-hybridized carbons (Fsp3) is 0.933. The summed E-state index contributed by atoms with van der Waals surface area (Å²) in [4.78, 5) is 10.6. The molecule has 0 saturated heterocycles. The number of aliphatic carboxylic acids is 1. The summed E-state index contributed by atoms with van der Waals surface area (Å²) in [5.74, 6) is 3.24. The van der Waals surface area contributed by atoms with Crippen molar-refractivity contribution in [1.29, 1.82) is 0 Å². The van der Waals surface area contributed by atoms with Crippen LogP contribution in [-0.2, 0) is 4.79 Å². The van der Waals surface area contributed by atoms with Crippen LogP contribution in [-0.4, -0.2) is 23.2 Å². The normalized spacial score (nSPS) is 43.1. The predicted molar refractivity (Wildman–Crippen MR) is 70.3 cm³/mol. The van der Waals surface area contributed by atoms with Crippen molar-refractivity contribution < 1.29 is 9.90 Å². The van der Waals surface area contributed by atoms with Gasteiger partial charge in [-0.1, -0.05) is 6.42 Å². The molecule has 102 valence electrons. The average Bonchev–Trinajstić information content (AvgIpc) is 2.97. The summed E-state index contributed by atoms with van der Waals surface area (Å²) in [7, 11) is 0. The quantitative estimate of drug-likeness (QED) is 0.789. The molecule has 2 bridgehead atoms. The minimum atomic E-state index is -0.674. The van der Waals surface area contributed by atoms with E-state index < -0.39 is 5.97 Å². The number of carboxylic acid groups (broad SMARTS) is 1. The van der Waals surface area contributed by atoms with Gasteiger partial charge in [0, 0.05) is 18.5 Å². The van der Waals surface area contributed by atoms with Crippen LogP contribution in [0.4, 0.5) is 0 Å². The first-order valence-corrected chi connectivity index (χ1v) is 7.63. The summed E-state index contributed by atoms with van der Waals surface area (Å²) in [5.41, 5.74) is 0. The zero-order valence-electron chi connectivity index (χ0n) is 11.3. The molecular formula is C15H25NO2. The molecule has 6 atom stereocenters. The summed E-state index contributed by atoms with van der Waals surface area (Å²) in [6, 6.07) is 1.03. The Balaban J connectivity index is 1.51. The van der Waals surface area contributed by atoms with Crippen LogP contribution in [0.15, 0.2) is 0 Å². The van der Waals surface area contributed by atoms with Gasteiger partial charge in [-0.2, -0.15) is 0 Å². The topological polar surface area (TPSA) is 49.3 Å². The number of rotatable bonds is 5. The molecule has 0 aromatic heterocycles. The molecular weight excluding hydrogens is 226 g/mol. The molecule has 3 aliphatic carbocycles. The summed E-state index contributed by atoms with van der Waals surface area (Å²) >= 11 is 0. The summed E-state index contributed by atoms with van der Waals surface area (Å²) in [6.45, 7) is 2.14. The van der Waals surface area contributed by atoms with Crippen molar-refractivity contribution in [3.8, 4) is 0 Å². The smallest absolute Gasteiger partial charge is 0.303 e. The van der Waals surface area contributed by atoms with Crippen LogP contribution in [0.25, 0.3) is 0 Å². The largest absolute Gasteiger partial charge is 0.481 e. The minimum absolute atomic E-state index is 0.293. The van der Waals surface area contributed by atoms with Gasteiger partial charge in [0.25, 0.3) is 0 Å². The highest BCUT2D eigenvalue weighted by Crippen LogP contribution is 2.58. The molecule has 0 spiro atoms. The fourth-order valence-corrected chi connectivity index (χ4v) is 5.05. The molecule has 3 nitrogen and oxygen atoms in total. The SMILES string of the molecule is CC(CCC(=O)O)NC1CC2CC1C1CCCC21. The van der Waals surface area contributed by atoms with E-state index in [9.17, 15) is 4.79 Å². The first-order valence-electron chi connectivity index (χ1n) is 7.63. The van der Waals surface area contributed by atoms with Gasteiger partial charge in [-0.25, -0.2) is 0 Å². The van der Waals surface area contributed by atoms with Gasteiger partial charge in [0.05, 0.1) is 0 Å². The summed E-state index contributed by atoms with van der Waals surface area (Å²) in [5, 5.41) is 12.4. The highest BCUT2D eigenvalue weighted by molar-refractivity contribution is 5.66. The Kier molecular flexibility index (Phi) is 3.35. The molecule has 0 aromatic carbocycles. The second kappa shape index (κ2) is 4.84. The highest BCUT2D eigenvalue weighted by Gasteiger charge is 2.53. The van der Waals surface area contributed by atoms with Crippen molar-refractivity contribution in [1.82, 2.24) is 5.32 Å². The highest BCUT2D eigenvalue weighted by atomic mass is 16.4. The zero-order valence-corrected chi connectivity index (χ0v) is 11.3. The van der Waals surface area contributed by atoms with E-state index >= 15 is 0 Å². The Morgan fingerprint density at radius 1 is 1.28 bits per heavy atom. The van der Waals surface area contributed by atoms with E-state index in [1.54, 1.807) is 0 Å². The third-order valence-electron chi connectivity index (χ3n) is 5.72. The van der Waals surface area contributed by atoms with Crippen LogP contribution in [0, 0.1) is 23.7 Å². The van der Waals surface area contributed by atoms with E-state index in [1.807, 2.05) is 0 Å². The Morgan fingerprint density at radius 2 is 2.06 bits per heavy atom. The third kappa shape index (κ3) is 2.18. The van der Waals surface area contributed by atoms with Crippen molar-refractivity contribution in [2.24, 2.45) is 23.7 Å². The van der Waals surface area contributed by atoms with Crippen LogP contribution in [0.3, 0.4) is 0 Å². The standard InChI is InChI=1S/C15H25NO2/c1-9(5-6-15(17)18)16-14-8-10-7-13(14)12-4-2-3-11(10)12/h9-14,16H,2-8H2,1H3,(H,17,18). The molecule has 0 aliphatic heterocycles. The lowest BCUT2D eigenvalue weighted by Crippen LogP contribution is -2.43. The van der Waals surface area contributed by atoms with E-state index in [-0.39, 0.29) is 0 Å². The van der Waals surface area contributed by atoms with Crippen LogP contribution in [0.2, 0.25) is 0 Å². The first kappa shape index (κ1) is 12.5. The van der Waals surface area contributed by atoms with E-state index in [0.29, 0.717) is 18.5 Å². The predicted octanol–water partition coefficient (Wildman–Crippen LogP) is 2.65. The Hall–Kier alpha value is -0.570. The molecule has 2 N–H and O–H groups in total. The van der Waals surface area contributed by atoms with Crippen molar-refractivity contribution in [3.05, 3.63) is 0 Å². The number of hydrogen-bond donors (Lipinski definition) is 2. The van der Waals surface area contributed by atoms with Gasteiger partial charge >= 0.3 is 5.97 Å². The van der Waals surface area contributed by atoms with Gasteiger partial charge in [0.1, 0.15) is 0 Å². The first-order chi connectivity index (χ1) is 8.65. The molecule has 0 aromatic rings. The van der Waals surface area contributed by atoms with Crippen molar-refractivity contribution >= 4 is 5.97 Å². The lowest BCUT2D eigenvalue weighted by Gasteiger charge is -2.34. The fourth-order valence-electron chi connectivity index (χ4n) is 5.05. The van der Waals surface area contributed by atoms with Crippen LogP contribution >= 0.6 is 0 Å². The van der Waals surface area contributed by atoms with E-state index in [4.69, 9.17) is 5.11 Å². The Morgan fingerprint density at radius 3 is 2.83 bits per heavy atom. The van der Waals surface area contributed by atoms with E-state index in [0.717, 1.165) is 30.1 Å². The van der Waals surface area contributed by atoms with Gasteiger partial charge < -0.3 is 10.4 Å². The minimum Gasteiger partial charge on any atom is -0.481 e. The van der Waals surface area contributed by atoms with Gasteiger partial charge in [0.2, 0.25) is 0 Å². The average molecular weight is 251 g/mol. The summed E-state index contributed by atoms with van der Waals surface area (Å²) in [6.07, 6.45) is 8.23. The molecule has 3 saturated carbocycles. The Bertz CT molecular complexity index is 330. The number of fused-ring (bicyclic) bond motifs is 5. The molecule has 3 rings (SSSR count). The van der Waals surface area contributed by atoms with Gasteiger partial charge in [0.15, 0.2) is 0 Å². The van der Waals surface area contributed by atoms with Gasteiger partial charge in [-0.15, -0.1) is 0 Å². The van der Waals surface area contributed by atoms with Gasteiger partial charge in [-0.05, 0) is 62.7 Å². The number of carbonyl (C=O) groups is 1. The number of nitrogens with one attached hydrogen (secondary N) is 1. The molecule has 0 amide bonds. The van der Waals surface area contributed by atoms with Crippen molar-refractivity contribution in [3.63, 3.8) is 0 Å². The second-order valence-electron chi connectivity index (χ2n) is 6.76. The number of hydrogen-bond acceptors (Lipinski definition) is 2. The Labute approximate surface area is 109 Å². The maximum atomic E-state index is 10.6. The van der Waals surface area contributed by atoms with Crippen LogP contribution in [0.5, 0.6) is 0 Å². The lowest BCUT2D eigenvalue weighted by molar-refractivity contribution is -0.137. The maximum absolute atomic E-state index is 10.6. The van der Waals surface area contributed by atoms with Gasteiger partial charge in [-0.3, -0.25) is 4.79 Å². The third-order valence-corrected chi connectivity index (χ3v) is 5.72. The summed E-state index contributed by atoms with van der Waals surface area (Å²) < 4.78 is 0. The monoisotopic (exact) mass is 251 g/mol. The molecule has 0 heterocycles. The molecule has 3 heteroatoms. The molecule has 6 unspecified atom stereocenters. The van der Waals surface area contributed by atoms with Crippen LogP contribution in [0.1, 0.15) is 51.9 Å². The zero-order chi connectivity index (χ0) is 12.7.